The van der Waals surface area contributed by atoms with Crippen LogP contribution >= 0.6 is 0 Å². The van der Waals surface area contributed by atoms with Gasteiger partial charge in [-0.2, -0.15) is 0 Å². The summed E-state index contributed by atoms with van der Waals surface area (Å²) in [5.74, 6) is 1.31. The molecule has 3 rings (SSSR count). The second kappa shape index (κ2) is 7.46. The van der Waals surface area contributed by atoms with Gasteiger partial charge in [0.05, 0.1) is 12.1 Å². The molecule has 24 heavy (non-hydrogen) atoms. The first-order valence-electron chi connectivity index (χ1n) is 7.68. The van der Waals surface area contributed by atoms with E-state index in [0.717, 1.165) is 11.3 Å². The number of aryl methyl sites for hydroxylation is 1. The number of hydrogen-bond donors (Lipinski definition) is 1. The van der Waals surface area contributed by atoms with Crippen LogP contribution in [0.4, 0.5) is 5.69 Å². The maximum Gasteiger partial charge on any atom is 0.230 e. The Balaban J connectivity index is 1.51. The van der Waals surface area contributed by atoms with Gasteiger partial charge in [-0.05, 0) is 36.8 Å². The first-order valence-corrected chi connectivity index (χ1v) is 7.68. The minimum Gasteiger partial charge on any atom is -0.489 e. The molecule has 0 atom stereocenters. The number of nitrogens with zero attached hydrogens (tertiary/aromatic N) is 1. The summed E-state index contributed by atoms with van der Waals surface area (Å²) in [6.07, 6.45) is 0.184. The quantitative estimate of drug-likeness (QED) is 0.751. The van der Waals surface area contributed by atoms with Crippen LogP contribution in [0.25, 0.3) is 0 Å². The Morgan fingerprint density at radius 2 is 1.88 bits per heavy atom. The molecule has 0 aliphatic rings. The molecule has 5 nitrogen and oxygen atoms in total. The molecule has 1 N–H and O–H groups in total. The highest BCUT2D eigenvalue weighted by Gasteiger charge is 2.08. The predicted octanol–water partition coefficient (Wildman–Crippen LogP) is 3.74. The van der Waals surface area contributed by atoms with Gasteiger partial charge in [0.25, 0.3) is 0 Å². The van der Waals surface area contributed by atoms with Crippen LogP contribution < -0.4 is 10.1 Å². The molecule has 0 spiro atoms. The Bertz CT molecular complexity index is 795. The monoisotopic (exact) mass is 322 g/mol. The van der Waals surface area contributed by atoms with Crippen molar-refractivity contribution in [1.82, 2.24) is 5.16 Å². The number of nitrogens with one attached hydrogen (secondary N) is 1. The maximum absolute atomic E-state index is 12.0. The molecule has 0 aliphatic carbocycles. The molecule has 0 saturated carbocycles. The van der Waals surface area contributed by atoms with Gasteiger partial charge in [-0.25, -0.2) is 0 Å². The average molecular weight is 322 g/mol. The lowest BCUT2D eigenvalue weighted by Crippen LogP contribution is -2.14. The third kappa shape index (κ3) is 4.46. The number of amides is 1. The summed E-state index contributed by atoms with van der Waals surface area (Å²) in [5.41, 5.74) is 2.44. The van der Waals surface area contributed by atoms with Crippen molar-refractivity contribution < 1.29 is 14.1 Å². The van der Waals surface area contributed by atoms with Crippen LogP contribution in [0.5, 0.6) is 5.75 Å². The number of rotatable bonds is 6. The van der Waals surface area contributed by atoms with Crippen LogP contribution in [-0.2, 0) is 17.8 Å². The van der Waals surface area contributed by atoms with E-state index >= 15 is 0 Å². The zero-order chi connectivity index (χ0) is 16.8. The molecule has 1 aromatic heterocycles. The topological polar surface area (TPSA) is 64.4 Å². The summed E-state index contributed by atoms with van der Waals surface area (Å²) in [7, 11) is 0. The van der Waals surface area contributed by atoms with Crippen molar-refractivity contribution in [3.05, 3.63) is 77.7 Å². The van der Waals surface area contributed by atoms with Crippen molar-refractivity contribution in [3.8, 4) is 5.75 Å². The van der Waals surface area contributed by atoms with Crippen molar-refractivity contribution >= 4 is 11.6 Å². The minimum absolute atomic E-state index is 0.138. The Morgan fingerprint density at radius 1 is 1.12 bits per heavy atom. The van der Waals surface area contributed by atoms with Gasteiger partial charge in [0.2, 0.25) is 5.91 Å². The van der Waals surface area contributed by atoms with E-state index < -0.39 is 0 Å². The molecule has 0 radical (unpaired) electrons. The molecular weight excluding hydrogens is 304 g/mol. The van der Waals surface area contributed by atoms with Crippen molar-refractivity contribution in [2.75, 3.05) is 5.32 Å². The standard InChI is InChI=1S/C19H18N2O3/c1-14-11-17(21-24-14)12-19(22)20-16-7-9-18(10-8-16)23-13-15-5-3-2-4-6-15/h2-11H,12-13H2,1H3,(H,20,22). The van der Waals surface area contributed by atoms with Gasteiger partial charge in [0.15, 0.2) is 0 Å². The second-order valence-corrected chi connectivity index (χ2v) is 5.45. The van der Waals surface area contributed by atoms with Crippen LogP contribution in [0, 0.1) is 6.92 Å². The number of hydrogen-bond acceptors (Lipinski definition) is 4. The molecule has 1 heterocycles. The van der Waals surface area contributed by atoms with E-state index in [1.807, 2.05) is 54.6 Å². The van der Waals surface area contributed by atoms with Crippen molar-refractivity contribution in [1.29, 1.82) is 0 Å². The number of benzene rings is 2. The highest BCUT2D eigenvalue weighted by atomic mass is 16.5. The number of ether oxygens (including phenoxy) is 1. The fraction of sp³-hybridized carbons (Fsp3) is 0.158. The Kier molecular flexibility index (Phi) is 4.91. The van der Waals surface area contributed by atoms with Gasteiger partial charge in [-0.15, -0.1) is 0 Å². The van der Waals surface area contributed by atoms with Gasteiger partial charge in [-0.3, -0.25) is 4.79 Å². The molecule has 0 bridgehead atoms. The highest BCUT2D eigenvalue weighted by Crippen LogP contribution is 2.17. The molecule has 0 saturated heterocycles. The van der Waals surface area contributed by atoms with Gasteiger partial charge in [0, 0.05) is 11.8 Å². The van der Waals surface area contributed by atoms with Gasteiger partial charge in [0.1, 0.15) is 18.1 Å². The normalized spacial score (nSPS) is 10.4. The first-order chi connectivity index (χ1) is 11.7. The third-order valence-corrected chi connectivity index (χ3v) is 3.40. The number of carbonyl (C=O) groups excluding carboxylic acids is 1. The van der Waals surface area contributed by atoms with Gasteiger partial charge >= 0.3 is 0 Å². The Hall–Kier alpha value is -3.08. The molecule has 5 heteroatoms. The van der Waals surface area contributed by atoms with Crippen LogP contribution in [0.2, 0.25) is 0 Å². The Morgan fingerprint density at radius 3 is 2.54 bits per heavy atom. The number of aromatic nitrogens is 1. The lowest BCUT2D eigenvalue weighted by Gasteiger charge is -2.08. The summed E-state index contributed by atoms with van der Waals surface area (Å²) in [4.78, 5) is 12.0. The summed E-state index contributed by atoms with van der Waals surface area (Å²) in [5, 5.41) is 6.63. The molecular formula is C19H18N2O3. The summed E-state index contributed by atoms with van der Waals surface area (Å²) in [6.45, 7) is 2.31. The van der Waals surface area contributed by atoms with Crippen molar-refractivity contribution in [3.63, 3.8) is 0 Å². The zero-order valence-corrected chi connectivity index (χ0v) is 13.4. The van der Waals surface area contributed by atoms with Crippen molar-refractivity contribution in [2.45, 2.75) is 20.0 Å². The zero-order valence-electron chi connectivity index (χ0n) is 13.4. The molecule has 0 aliphatic heterocycles. The van der Waals surface area contributed by atoms with E-state index in [1.54, 1.807) is 13.0 Å². The van der Waals surface area contributed by atoms with Gasteiger partial charge in [-0.1, -0.05) is 35.5 Å². The summed E-state index contributed by atoms with van der Waals surface area (Å²) < 4.78 is 10.7. The van der Waals surface area contributed by atoms with Crippen LogP contribution in [0.15, 0.2) is 65.2 Å². The lowest BCUT2D eigenvalue weighted by molar-refractivity contribution is -0.115. The molecule has 0 fully saturated rings. The third-order valence-electron chi connectivity index (χ3n) is 3.40. The van der Waals surface area contributed by atoms with Crippen LogP contribution in [0.1, 0.15) is 17.0 Å². The number of carbonyl (C=O) groups is 1. The smallest absolute Gasteiger partial charge is 0.230 e. The van der Waals surface area contributed by atoms with E-state index in [4.69, 9.17) is 9.26 Å². The second-order valence-electron chi connectivity index (χ2n) is 5.45. The van der Waals surface area contributed by atoms with E-state index in [-0.39, 0.29) is 12.3 Å². The fourth-order valence-corrected chi connectivity index (χ4v) is 2.25. The van der Waals surface area contributed by atoms with E-state index in [1.165, 1.54) is 0 Å². The lowest BCUT2D eigenvalue weighted by atomic mass is 10.2. The SMILES string of the molecule is Cc1cc(CC(=O)Nc2ccc(OCc3ccccc3)cc2)no1. The van der Waals surface area contributed by atoms with Crippen LogP contribution in [0.3, 0.4) is 0 Å². The highest BCUT2D eigenvalue weighted by molar-refractivity contribution is 5.92. The number of anilines is 1. The maximum atomic E-state index is 12.0. The fourth-order valence-electron chi connectivity index (χ4n) is 2.25. The molecule has 1 amide bonds. The average Bonchev–Trinajstić information content (AvgIpc) is 3.00. The van der Waals surface area contributed by atoms with E-state index in [9.17, 15) is 4.79 Å². The Labute approximate surface area is 140 Å². The largest absolute Gasteiger partial charge is 0.489 e. The molecule has 2 aromatic carbocycles. The minimum atomic E-state index is -0.138. The van der Waals surface area contributed by atoms with E-state index in [0.29, 0.717) is 23.7 Å². The van der Waals surface area contributed by atoms with Crippen LogP contribution in [-0.4, -0.2) is 11.1 Å². The van der Waals surface area contributed by atoms with Crippen molar-refractivity contribution in [2.24, 2.45) is 0 Å². The first kappa shape index (κ1) is 15.8. The van der Waals surface area contributed by atoms with Gasteiger partial charge < -0.3 is 14.6 Å². The van der Waals surface area contributed by atoms with E-state index in [2.05, 4.69) is 10.5 Å². The molecule has 3 aromatic rings. The molecule has 0 unspecified atom stereocenters. The summed E-state index contributed by atoms with van der Waals surface area (Å²) in [6, 6.07) is 19.0. The molecule has 122 valence electrons. The predicted molar refractivity (Wildman–Crippen MR) is 90.8 cm³/mol. The summed E-state index contributed by atoms with van der Waals surface area (Å²) >= 11 is 0.